The van der Waals surface area contributed by atoms with Gasteiger partial charge in [-0.3, -0.25) is 4.72 Å². The summed E-state index contributed by atoms with van der Waals surface area (Å²) < 4.78 is 29.1. The van der Waals surface area contributed by atoms with Crippen LogP contribution >= 0.6 is 33.9 Å². The lowest BCUT2D eigenvalue weighted by atomic mass is 10.3. The van der Waals surface area contributed by atoms with E-state index >= 15 is 0 Å². The van der Waals surface area contributed by atoms with Crippen LogP contribution in [0.5, 0.6) is 0 Å². The van der Waals surface area contributed by atoms with Crippen LogP contribution in [0.2, 0.25) is 0 Å². The summed E-state index contributed by atoms with van der Waals surface area (Å²) in [7, 11) is -3.74. The third-order valence-corrected chi connectivity index (χ3v) is 7.37. The Bertz CT molecular complexity index is 1210. The average molecular weight is 508 g/mol. The van der Waals surface area contributed by atoms with E-state index in [-0.39, 0.29) is 10.0 Å². The van der Waals surface area contributed by atoms with Crippen molar-refractivity contribution in [1.29, 1.82) is 0 Å². The molecule has 0 bridgehead atoms. The maximum Gasteiger partial charge on any atom is 0.272 e. The van der Waals surface area contributed by atoms with Crippen LogP contribution in [-0.4, -0.2) is 18.4 Å². The molecular formula is C18H13IN4O2S2. The number of hydrogen-bond donors (Lipinski definition) is 2. The maximum absolute atomic E-state index is 12.7. The molecule has 0 aliphatic heterocycles. The van der Waals surface area contributed by atoms with Gasteiger partial charge in [-0.15, -0.1) is 11.3 Å². The smallest absolute Gasteiger partial charge is 0.272 e. The lowest BCUT2D eigenvalue weighted by molar-refractivity contribution is 0.603. The molecule has 2 aromatic heterocycles. The van der Waals surface area contributed by atoms with Crippen molar-refractivity contribution in [3.63, 3.8) is 0 Å². The molecule has 0 aliphatic rings. The van der Waals surface area contributed by atoms with E-state index in [1.54, 1.807) is 23.6 Å². The molecule has 0 saturated heterocycles. The highest BCUT2D eigenvalue weighted by atomic mass is 127. The van der Waals surface area contributed by atoms with Gasteiger partial charge in [0.1, 0.15) is 4.21 Å². The van der Waals surface area contributed by atoms with Crippen LogP contribution in [0.25, 0.3) is 11.0 Å². The molecule has 4 rings (SSSR count). The molecule has 0 aliphatic carbocycles. The number of aromatic nitrogens is 2. The largest absolute Gasteiger partial charge is 0.336 e. The fraction of sp³-hybridized carbons (Fsp3) is 0. The first-order valence-corrected chi connectivity index (χ1v) is 11.3. The number of anilines is 3. The Morgan fingerprint density at radius 3 is 2.19 bits per heavy atom. The number of sulfonamides is 1. The fourth-order valence-corrected chi connectivity index (χ4v) is 4.97. The molecule has 2 aromatic carbocycles. The molecule has 9 heteroatoms. The molecule has 2 heterocycles. The molecule has 4 aromatic rings. The zero-order valence-corrected chi connectivity index (χ0v) is 17.5. The number of nitrogens with one attached hydrogen (secondary N) is 2. The number of benzene rings is 2. The number of thiophene rings is 1. The second kappa shape index (κ2) is 7.41. The first-order valence-electron chi connectivity index (χ1n) is 7.87. The van der Waals surface area contributed by atoms with Gasteiger partial charge in [-0.05, 0) is 58.3 Å². The van der Waals surface area contributed by atoms with E-state index in [1.807, 2.05) is 42.5 Å². The van der Waals surface area contributed by atoms with E-state index in [4.69, 9.17) is 0 Å². The van der Waals surface area contributed by atoms with Crippen molar-refractivity contribution in [2.75, 3.05) is 10.0 Å². The lowest BCUT2D eigenvalue weighted by Gasteiger charge is -2.14. The van der Waals surface area contributed by atoms with E-state index < -0.39 is 10.0 Å². The van der Waals surface area contributed by atoms with Crippen molar-refractivity contribution in [2.45, 2.75) is 4.21 Å². The monoisotopic (exact) mass is 508 g/mol. The molecule has 0 atom stereocenters. The summed E-state index contributed by atoms with van der Waals surface area (Å²) in [6.07, 6.45) is 0. The van der Waals surface area contributed by atoms with Crippen LogP contribution in [0.4, 0.5) is 17.3 Å². The van der Waals surface area contributed by atoms with E-state index in [0.717, 1.165) is 20.6 Å². The number of hydrogen-bond acceptors (Lipinski definition) is 6. The summed E-state index contributed by atoms with van der Waals surface area (Å²) in [6.45, 7) is 0. The highest BCUT2D eigenvalue weighted by Gasteiger charge is 2.20. The van der Waals surface area contributed by atoms with Crippen LogP contribution in [0.3, 0.4) is 0 Å². The molecule has 0 amide bonds. The maximum atomic E-state index is 12.7. The van der Waals surface area contributed by atoms with Gasteiger partial charge in [0.05, 0.1) is 16.7 Å². The first-order chi connectivity index (χ1) is 13.0. The van der Waals surface area contributed by atoms with Crippen molar-refractivity contribution in [1.82, 2.24) is 9.97 Å². The average Bonchev–Trinajstić information content (AvgIpc) is 3.19. The van der Waals surface area contributed by atoms with Crippen LogP contribution in [0.15, 0.2) is 70.3 Å². The van der Waals surface area contributed by atoms with Gasteiger partial charge in [-0.2, -0.15) is 0 Å². The molecular weight excluding hydrogens is 495 g/mol. The normalized spacial score (nSPS) is 11.4. The second-order valence-electron chi connectivity index (χ2n) is 5.55. The van der Waals surface area contributed by atoms with Gasteiger partial charge in [0.15, 0.2) is 11.6 Å². The fourth-order valence-electron chi connectivity index (χ4n) is 2.44. The van der Waals surface area contributed by atoms with Gasteiger partial charge in [-0.1, -0.05) is 30.3 Å². The third kappa shape index (κ3) is 3.89. The van der Waals surface area contributed by atoms with Gasteiger partial charge in [-0.25, -0.2) is 18.4 Å². The minimum Gasteiger partial charge on any atom is -0.336 e. The van der Waals surface area contributed by atoms with Crippen LogP contribution in [0, 0.1) is 3.57 Å². The van der Waals surface area contributed by atoms with Crippen molar-refractivity contribution in [3.8, 4) is 0 Å². The predicted octanol–water partition coefficient (Wildman–Crippen LogP) is 4.84. The van der Waals surface area contributed by atoms with E-state index in [1.165, 1.54) is 0 Å². The highest BCUT2D eigenvalue weighted by molar-refractivity contribution is 14.1. The molecule has 0 unspecified atom stereocenters. The van der Waals surface area contributed by atoms with Crippen LogP contribution in [-0.2, 0) is 10.0 Å². The molecule has 0 radical (unpaired) electrons. The SMILES string of the molecule is O=S(=O)(Nc1nc2ccccc2nc1Nc1ccccc1I)c1cccs1. The van der Waals surface area contributed by atoms with E-state index in [9.17, 15) is 8.42 Å². The number of nitrogens with zero attached hydrogens (tertiary/aromatic N) is 2. The minimum absolute atomic E-state index is 0.154. The minimum atomic E-state index is -3.74. The quantitative estimate of drug-likeness (QED) is 0.377. The molecule has 27 heavy (non-hydrogen) atoms. The zero-order chi connectivity index (χ0) is 18.9. The van der Waals surface area contributed by atoms with Crippen LogP contribution < -0.4 is 10.0 Å². The Hall–Kier alpha value is -2.24. The number of rotatable bonds is 5. The van der Waals surface area contributed by atoms with Crippen molar-refractivity contribution >= 4 is 72.3 Å². The summed E-state index contributed by atoms with van der Waals surface area (Å²) in [5, 5.41) is 4.91. The summed E-state index contributed by atoms with van der Waals surface area (Å²) >= 11 is 3.35. The van der Waals surface area contributed by atoms with Crippen molar-refractivity contribution < 1.29 is 8.42 Å². The summed E-state index contributed by atoms with van der Waals surface area (Å²) in [5.41, 5.74) is 2.10. The van der Waals surface area contributed by atoms with Gasteiger partial charge >= 0.3 is 0 Å². The van der Waals surface area contributed by atoms with E-state index in [0.29, 0.717) is 16.9 Å². The molecule has 2 N–H and O–H groups in total. The Morgan fingerprint density at radius 1 is 0.852 bits per heavy atom. The van der Waals surface area contributed by atoms with Gasteiger partial charge < -0.3 is 5.32 Å². The predicted molar refractivity (Wildman–Crippen MR) is 117 cm³/mol. The molecule has 136 valence electrons. The van der Waals surface area contributed by atoms with Crippen molar-refractivity contribution in [3.05, 3.63) is 69.6 Å². The molecule has 0 saturated carbocycles. The lowest BCUT2D eigenvalue weighted by Crippen LogP contribution is -2.15. The summed E-state index contributed by atoms with van der Waals surface area (Å²) in [6, 6.07) is 18.2. The molecule has 0 spiro atoms. The standard InChI is InChI=1S/C18H13IN4O2S2/c19-12-6-1-2-7-13(12)20-17-18(22-15-9-4-3-8-14(15)21-17)23-27(24,25)16-10-5-11-26-16/h1-11H,(H,20,21)(H,22,23). The number of halogens is 1. The number of para-hydroxylation sites is 3. The Balaban J connectivity index is 1.81. The van der Waals surface area contributed by atoms with Gasteiger partial charge in [0, 0.05) is 3.57 Å². The summed E-state index contributed by atoms with van der Waals surface area (Å²) in [5.74, 6) is 0.500. The topological polar surface area (TPSA) is 84.0 Å². The Labute approximate surface area is 173 Å². The van der Waals surface area contributed by atoms with E-state index in [2.05, 4.69) is 42.6 Å². The molecule has 6 nitrogen and oxygen atoms in total. The van der Waals surface area contributed by atoms with Crippen molar-refractivity contribution in [2.24, 2.45) is 0 Å². The third-order valence-electron chi connectivity index (χ3n) is 3.69. The number of fused-ring (bicyclic) bond motifs is 1. The first kappa shape index (κ1) is 18.1. The zero-order valence-electron chi connectivity index (χ0n) is 13.8. The molecule has 0 fully saturated rings. The van der Waals surface area contributed by atoms with Gasteiger partial charge in [0.2, 0.25) is 0 Å². The highest BCUT2D eigenvalue weighted by Crippen LogP contribution is 2.29. The summed E-state index contributed by atoms with van der Waals surface area (Å²) in [4.78, 5) is 9.06. The Kier molecular flexibility index (Phi) is 4.98. The van der Waals surface area contributed by atoms with Gasteiger partial charge in [0.25, 0.3) is 10.0 Å². The Morgan fingerprint density at radius 2 is 1.52 bits per heavy atom. The second-order valence-corrected chi connectivity index (χ2v) is 9.57. The van der Waals surface area contributed by atoms with Crippen LogP contribution in [0.1, 0.15) is 0 Å².